The lowest BCUT2D eigenvalue weighted by Gasteiger charge is -2.19. The fourth-order valence-corrected chi connectivity index (χ4v) is 8.51. The smallest absolute Gasteiger partial charge is 0.321 e. The van der Waals surface area contributed by atoms with Gasteiger partial charge in [0, 0.05) is 74.1 Å². The molecule has 3 aromatic heterocycles. The Labute approximate surface area is 318 Å². The Kier molecular flexibility index (Phi) is 11.3. The second-order valence-electron chi connectivity index (χ2n) is 15.6. The third kappa shape index (κ3) is 7.13. The largest absolute Gasteiger partial charge is 0.468 e. The Hall–Kier alpha value is -5.05. The van der Waals surface area contributed by atoms with Crippen LogP contribution in [0.1, 0.15) is 128 Å². The Morgan fingerprint density at radius 2 is 1.69 bits per heavy atom. The summed E-state index contributed by atoms with van der Waals surface area (Å²) in [6.45, 7) is 21.3. The molecule has 2 aliphatic heterocycles. The van der Waals surface area contributed by atoms with Gasteiger partial charge in [0.15, 0.2) is 5.78 Å². The van der Waals surface area contributed by atoms with Gasteiger partial charge in [0.2, 0.25) is 0 Å². The third-order valence-electron chi connectivity index (χ3n) is 11.8. The second-order valence-corrected chi connectivity index (χ2v) is 15.6. The Morgan fingerprint density at radius 3 is 2.37 bits per heavy atom. The van der Waals surface area contributed by atoms with Crippen molar-refractivity contribution in [3.05, 3.63) is 96.5 Å². The van der Waals surface area contributed by atoms with Gasteiger partial charge >= 0.3 is 11.9 Å². The lowest BCUT2D eigenvalue weighted by molar-refractivity contribution is -0.143. The van der Waals surface area contributed by atoms with E-state index in [1.54, 1.807) is 0 Å². The molecule has 9 nitrogen and oxygen atoms in total. The molecule has 54 heavy (non-hydrogen) atoms. The van der Waals surface area contributed by atoms with E-state index in [9.17, 15) is 14.4 Å². The maximum absolute atomic E-state index is 14.3. The number of aromatic nitrogens is 3. The molecule has 1 aliphatic carbocycles. The van der Waals surface area contributed by atoms with Crippen LogP contribution in [0.5, 0.6) is 0 Å². The first-order valence-electron chi connectivity index (χ1n) is 19.4. The van der Waals surface area contributed by atoms with Crippen LogP contribution in [0.4, 0.5) is 0 Å². The van der Waals surface area contributed by atoms with Gasteiger partial charge in [-0.2, -0.15) is 0 Å². The van der Waals surface area contributed by atoms with Crippen molar-refractivity contribution in [3.8, 4) is 0 Å². The van der Waals surface area contributed by atoms with Gasteiger partial charge in [0.05, 0.1) is 12.8 Å². The summed E-state index contributed by atoms with van der Waals surface area (Å²) in [5.74, 6) is -1.95. The maximum atomic E-state index is 14.3. The molecule has 8 bridgehead atoms. The standard InChI is InChI=1S/C45H56N4O5/c1-11-29-25(6)32-20-34-27(8)31(16-17-38(50)54-19-18-24(5)15-13-14-23(3)4)42(48-34)40-41(45(52)53-10)44(51)39-28(9)35(49-43(39)40)22-37-30(12-2)26(7)33(47-37)21-36(29)46-32/h11,18,20-23,27,31,41,46-49H,1,12-17,19H2,2-10H3/b24-18+,33-21-,34-20-,37-22-,42-40-/t27-,31-,41-/m0/s1. The van der Waals surface area contributed by atoms with E-state index in [0.717, 1.165) is 80.7 Å². The summed E-state index contributed by atoms with van der Waals surface area (Å²) in [5.41, 5.74) is 12.4. The second kappa shape index (κ2) is 15.7. The quantitative estimate of drug-likeness (QED) is 0.0870. The summed E-state index contributed by atoms with van der Waals surface area (Å²) in [6, 6.07) is 0. The fraction of sp³-hybridized carbons (Fsp3) is 0.444. The fourth-order valence-electron chi connectivity index (χ4n) is 8.51. The monoisotopic (exact) mass is 732 g/mol. The van der Waals surface area contributed by atoms with Crippen LogP contribution in [0.2, 0.25) is 0 Å². The van der Waals surface area contributed by atoms with Crippen molar-refractivity contribution >= 4 is 47.6 Å². The number of allylic oxidation sites excluding steroid dienone is 3. The van der Waals surface area contributed by atoms with Crippen LogP contribution in [0, 0.1) is 44.4 Å². The number of carbonyl (C=O) groups is 3. The third-order valence-corrected chi connectivity index (χ3v) is 11.8. The van der Waals surface area contributed by atoms with Crippen molar-refractivity contribution in [3.63, 3.8) is 0 Å². The molecule has 0 unspecified atom stereocenters. The number of H-pyrrole nitrogens is 3. The minimum atomic E-state index is -1.14. The van der Waals surface area contributed by atoms with Gasteiger partial charge in [0.1, 0.15) is 12.5 Å². The SMILES string of the molecule is C=Cc1c2[nH]c(c1C)/C=C1\N/C(=C3\c4[nH]c(c(C)c4C(=O)[C@H]3C(=O)OC)/C=c3\[nH]/c(c(C)c3CC)=C\2)[C@@H](CCC(=O)OC/C=C(\C)CCCC(C)C)[C@@H]1C. The number of ketones is 1. The molecule has 3 aliphatic rings. The first-order valence-corrected chi connectivity index (χ1v) is 19.4. The van der Waals surface area contributed by atoms with E-state index < -0.39 is 11.9 Å². The molecule has 6 rings (SSSR count). The van der Waals surface area contributed by atoms with Gasteiger partial charge in [0.25, 0.3) is 0 Å². The molecule has 286 valence electrons. The number of carbonyl (C=O) groups excluding carboxylic acids is 3. The number of nitrogens with one attached hydrogen (secondary N) is 4. The highest BCUT2D eigenvalue weighted by molar-refractivity contribution is 6.24. The average Bonchev–Trinajstić information content (AvgIpc) is 3.87. The molecule has 4 N–H and O–H groups in total. The first-order chi connectivity index (χ1) is 25.8. The molecule has 0 spiro atoms. The van der Waals surface area contributed by atoms with E-state index in [1.807, 2.05) is 19.1 Å². The number of methoxy groups -OCH3 is 1. The van der Waals surface area contributed by atoms with Crippen LogP contribution in [-0.2, 0) is 25.5 Å². The van der Waals surface area contributed by atoms with E-state index >= 15 is 0 Å². The van der Waals surface area contributed by atoms with E-state index in [4.69, 9.17) is 9.47 Å². The van der Waals surface area contributed by atoms with Crippen molar-refractivity contribution in [2.45, 2.75) is 93.9 Å². The first kappa shape index (κ1) is 38.7. The van der Waals surface area contributed by atoms with Crippen molar-refractivity contribution in [2.24, 2.45) is 23.7 Å². The zero-order valence-corrected chi connectivity index (χ0v) is 33.4. The zero-order chi connectivity index (χ0) is 39.0. The molecular formula is C45H56N4O5. The lowest BCUT2D eigenvalue weighted by Crippen LogP contribution is -2.25. The molecule has 3 aromatic rings. The van der Waals surface area contributed by atoms with Crippen molar-refractivity contribution in [1.82, 2.24) is 20.3 Å². The topological polar surface area (TPSA) is 129 Å². The van der Waals surface area contributed by atoms with Gasteiger partial charge in [-0.25, -0.2) is 0 Å². The highest BCUT2D eigenvalue weighted by Gasteiger charge is 2.48. The predicted octanol–water partition coefficient (Wildman–Crippen LogP) is 7.46. The molecule has 1 fully saturated rings. The van der Waals surface area contributed by atoms with Crippen molar-refractivity contribution in [2.75, 3.05) is 13.7 Å². The van der Waals surface area contributed by atoms with Gasteiger partial charge in [-0.15, -0.1) is 0 Å². The highest BCUT2D eigenvalue weighted by atomic mass is 16.5. The number of ether oxygens (including phenoxy) is 2. The zero-order valence-electron chi connectivity index (χ0n) is 33.4. The summed E-state index contributed by atoms with van der Waals surface area (Å²) in [4.78, 5) is 51.9. The van der Waals surface area contributed by atoms with Gasteiger partial charge in [-0.05, 0) is 106 Å². The molecule has 3 atom stereocenters. The molecular weight excluding hydrogens is 677 g/mol. The number of rotatable bonds is 12. The Morgan fingerprint density at radius 1 is 0.963 bits per heavy atom. The van der Waals surface area contributed by atoms with Crippen LogP contribution in [0.15, 0.2) is 29.6 Å². The van der Waals surface area contributed by atoms with Crippen molar-refractivity contribution < 1.29 is 23.9 Å². The average molecular weight is 733 g/mol. The Bertz CT molecular complexity index is 2230. The predicted molar refractivity (Wildman–Crippen MR) is 216 cm³/mol. The number of esters is 2. The van der Waals surface area contributed by atoms with Gasteiger partial charge in [-0.3, -0.25) is 14.4 Å². The summed E-state index contributed by atoms with van der Waals surface area (Å²) in [6.07, 6.45) is 14.9. The molecule has 0 aromatic carbocycles. The number of fused-ring (bicyclic) bond motifs is 7. The number of hydrogen-bond acceptors (Lipinski definition) is 6. The molecule has 1 saturated heterocycles. The van der Waals surface area contributed by atoms with Crippen LogP contribution in [-0.4, -0.2) is 46.4 Å². The van der Waals surface area contributed by atoms with E-state index in [0.29, 0.717) is 29.2 Å². The van der Waals surface area contributed by atoms with E-state index in [2.05, 4.69) is 93.5 Å². The number of Topliss-reactive ketones (excluding diaryl/α,β-unsaturated/α-hetero) is 1. The van der Waals surface area contributed by atoms with Crippen LogP contribution >= 0.6 is 0 Å². The Balaban J connectivity index is 1.47. The molecule has 0 amide bonds. The van der Waals surface area contributed by atoms with Crippen molar-refractivity contribution in [1.29, 1.82) is 0 Å². The maximum Gasteiger partial charge on any atom is 0.321 e. The van der Waals surface area contributed by atoms with Crippen LogP contribution in [0.25, 0.3) is 29.9 Å². The summed E-state index contributed by atoms with van der Waals surface area (Å²) < 4.78 is 11.0. The lowest BCUT2D eigenvalue weighted by atomic mass is 9.85. The van der Waals surface area contributed by atoms with Crippen LogP contribution < -0.4 is 16.0 Å². The summed E-state index contributed by atoms with van der Waals surface area (Å²) >= 11 is 0. The van der Waals surface area contributed by atoms with Gasteiger partial charge in [-0.1, -0.05) is 52.3 Å². The number of hydrogen-bond donors (Lipinski definition) is 4. The summed E-state index contributed by atoms with van der Waals surface area (Å²) in [5, 5.41) is 5.63. The minimum absolute atomic E-state index is 0.0826. The molecule has 0 radical (unpaired) electrons. The van der Waals surface area contributed by atoms with E-state index in [1.165, 1.54) is 24.7 Å². The molecule has 5 heterocycles. The molecule has 0 saturated carbocycles. The molecule has 9 heteroatoms. The highest BCUT2D eigenvalue weighted by Crippen LogP contribution is 2.48. The van der Waals surface area contributed by atoms with Crippen LogP contribution in [0.3, 0.4) is 0 Å². The minimum Gasteiger partial charge on any atom is -0.468 e. The number of aromatic amines is 3. The van der Waals surface area contributed by atoms with Gasteiger partial charge < -0.3 is 29.7 Å². The summed E-state index contributed by atoms with van der Waals surface area (Å²) in [7, 11) is 1.32. The normalized spacial score (nSPS) is 22.6. The van der Waals surface area contributed by atoms with E-state index in [-0.39, 0.29) is 36.6 Å².